The number of rotatable bonds is 10. The molecule has 2 fully saturated rings. The van der Waals surface area contributed by atoms with Crippen LogP contribution < -0.4 is 24.3 Å². The molecule has 0 radical (unpaired) electrons. The third kappa shape index (κ3) is 6.58. The number of benzene rings is 4. The van der Waals surface area contributed by atoms with Crippen LogP contribution >= 0.6 is 0 Å². The second-order valence-corrected chi connectivity index (χ2v) is 18.3. The molecule has 0 bridgehead atoms. The Morgan fingerprint density at radius 1 is 0.796 bits per heavy atom. The summed E-state index contributed by atoms with van der Waals surface area (Å²) in [6.07, 6.45) is 4.37. The number of carbonyl (C=O) groups excluding carboxylic acids is 2. The van der Waals surface area contributed by atoms with Crippen molar-refractivity contribution in [3.63, 3.8) is 0 Å². The zero-order chi connectivity index (χ0) is 34.6. The number of ether oxygens (including phenoxy) is 3. The topological polar surface area (TPSA) is 74.3 Å². The van der Waals surface area contributed by atoms with E-state index < -0.39 is 26.4 Å². The summed E-state index contributed by atoms with van der Waals surface area (Å²) >= 11 is 0. The van der Waals surface area contributed by atoms with E-state index in [1.165, 1.54) is 4.90 Å². The SMILES string of the molecule is COc1cc([C@@H](C(=O)N2C(=O)OC[C@@H]2c2ccccc2)C2CCCCC2)cc(OC)c1O[Si](c1ccccc1)(c1ccccc1)C(C)(C)C. The molecule has 0 aromatic heterocycles. The van der Waals surface area contributed by atoms with Crippen molar-refractivity contribution in [2.45, 2.75) is 69.9 Å². The van der Waals surface area contributed by atoms with Crippen LogP contribution in [0.5, 0.6) is 17.2 Å². The lowest BCUT2D eigenvalue weighted by molar-refractivity contribution is -0.132. The quantitative estimate of drug-likeness (QED) is 0.158. The molecule has 1 aliphatic heterocycles. The molecule has 1 saturated carbocycles. The Balaban J connectivity index is 1.49. The number of amides is 2. The fourth-order valence-electron chi connectivity index (χ4n) is 7.80. The number of hydrogen-bond donors (Lipinski definition) is 0. The first kappa shape index (κ1) is 34.3. The Labute approximate surface area is 291 Å². The lowest BCUT2D eigenvalue weighted by Gasteiger charge is -2.43. The minimum absolute atomic E-state index is 0.0453. The van der Waals surface area contributed by atoms with E-state index in [1.807, 2.05) is 54.6 Å². The van der Waals surface area contributed by atoms with Gasteiger partial charge in [0.2, 0.25) is 5.91 Å². The fraction of sp³-hybridized carbons (Fsp3) is 0.366. The molecule has 256 valence electrons. The van der Waals surface area contributed by atoms with Crippen LogP contribution in [0.1, 0.15) is 76.0 Å². The van der Waals surface area contributed by atoms with Crippen molar-refractivity contribution in [2.75, 3.05) is 20.8 Å². The summed E-state index contributed by atoms with van der Waals surface area (Å²) in [6.45, 7) is 6.80. The van der Waals surface area contributed by atoms with Crippen LogP contribution in [0, 0.1) is 5.92 Å². The highest BCUT2D eigenvalue weighted by molar-refractivity contribution is 7.00. The van der Waals surface area contributed by atoms with Crippen molar-refractivity contribution in [3.8, 4) is 17.2 Å². The maximum atomic E-state index is 14.8. The first-order valence-electron chi connectivity index (χ1n) is 17.3. The zero-order valence-electron chi connectivity index (χ0n) is 29.2. The van der Waals surface area contributed by atoms with Crippen molar-refractivity contribution < 1.29 is 28.2 Å². The van der Waals surface area contributed by atoms with Gasteiger partial charge in [0.1, 0.15) is 12.6 Å². The summed E-state index contributed by atoms with van der Waals surface area (Å²) < 4.78 is 25.2. The van der Waals surface area contributed by atoms with Crippen LogP contribution in [0.4, 0.5) is 4.79 Å². The normalized spacial score (nSPS) is 17.7. The van der Waals surface area contributed by atoms with Gasteiger partial charge in [-0.25, -0.2) is 9.69 Å². The number of hydrogen-bond acceptors (Lipinski definition) is 6. The van der Waals surface area contributed by atoms with Gasteiger partial charge in [0.25, 0.3) is 0 Å². The van der Waals surface area contributed by atoms with E-state index in [0.717, 1.165) is 53.6 Å². The van der Waals surface area contributed by atoms with E-state index in [2.05, 4.69) is 69.3 Å². The molecule has 4 aromatic rings. The van der Waals surface area contributed by atoms with Crippen molar-refractivity contribution in [1.82, 2.24) is 4.90 Å². The Bertz CT molecular complexity index is 1670. The van der Waals surface area contributed by atoms with Gasteiger partial charge < -0.3 is 18.6 Å². The molecular formula is C41H47NO6Si. The molecular weight excluding hydrogens is 631 g/mol. The fourth-order valence-corrected chi connectivity index (χ4v) is 12.2. The lowest BCUT2D eigenvalue weighted by Crippen LogP contribution is -2.68. The summed E-state index contributed by atoms with van der Waals surface area (Å²) in [4.78, 5) is 29.4. The molecule has 2 amide bonds. The van der Waals surface area contributed by atoms with Crippen molar-refractivity contribution in [2.24, 2.45) is 5.92 Å². The Morgan fingerprint density at radius 3 is 1.80 bits per heavy atom. The van der Waals surface area contributed by atoms with E-state index in [4.69, 9.17) is 18.6 Å². The predicted molar refractivity (Wildman–Crippen MR) is 194 cm³/mol. The van der Waals surface area contributed by atoms with Crippen molar-refractivity contribution >= 4 is 30.7 Å². The number of carbonyl (C=O) groups is 2. The Hall–Kier alpha value is -4.56. The average Bonchev–Trinajstić information content (AvgIpc) is 3.52. The van der Waals surface area contributed by atoms with Gasteiger partial charge in [-0.15, -0.1) is 0 Å². The molecule has 6 rings (SSSR count). The molecule has 49 heavy (non-hydrogen) atoms. The van der Waals surface area contributed by atoms with Gasteiger partial charge in [0.05, 0.1) is 20.1 Å². The number of nitrogens with zero attached hydrogens (tertiary/aromatic N) is 1. The monoisotopic (exact) mass is 677 g/mol. The molecule has 1 aliphatic carbocycles. The van der Waals surface area contributed by atoms with E-state index in [1.54, 1.807) is 14.2 Å². The van der Waals surface area contributed by atoms with Gasteiger partial charge in [-0.05, 0) is 57.4 Å². The summed E-state index contributed by atoms with van der Waals surface area (Å²) in [5, 5.41) is 1.95. The van der Waals surface area contributed by atoms with Gasteiger partial charge in [0.15, 0.2) is 17.2 Å². The van der Waals surface area contributed by atoms with Crippen LogP contribution in [-0.4, -0.2) is 46.0 Å². The van der Waals surface area contributed by atoms with Crippen molar-refractivity contribution in [3.05, 3.63) is 114 Å². The van der Waals surface area contributed by atoms with Gasteiger partial charge in [-0.1, -0.05) is 131 Å². The molecule has 1 saturated heterocycles. The molecule has 4 aromatic carbocycles. The predicted octanol–water partition coefficient (Wildman–Crippen LogP) is 8.03. The van der Waals surface area contributed by atoms with Crippen molar-refractivity contribution in [1.29, 1.82) is 0 Å². The zero-order valence-corrected chi connectivity index (χ0v) is 30.2. The van der Waals surface area contributed by atoms with Gasteiger partial charge in [-0.3, -0.25) is 4.79 Å². The van der Waals surface area contributed by atoms with E-state index >= 15 is 0 Å². The van der Waals surface area contributed by atoms with Crippen LogP contribution in [0.25, 0.3) is 0 Å². The molecule has 2 aliphatic rings. The average molecular weight is 678 g/mol. The van der Waals surface area contributed by atoms with Crippen LogP contribution in [0.3, 0.4) is 0 Å². The second kappa shape index (κ2) is 14.5. The summed E-state index contributed by atoms with van der Waals surface area (Å²) in [6, 6.07) is 33.8. The second-order valence-electron chi connectivity index (χ2n) is 14.1. The molecule has 0 spiro atoms. The van der Waals surface area contributed by atoms with Crippen LogP contribution in [0.2, 0.25) is 5.04 Å². The Kier molecular flexibility index (Phi) is 10.2. The standard InChI is InChI=1S/C41H47NO6Si/c1-41(2,3)49(32-22-14-8-15-23-32,33-24-16-9-17-25-33)48-38-35(45-4)26-31(27-36(38)46-5)37(30-20-12-7-13-21-30)39(43)42-34(28-47-40(42)44)29-18-10-6-11-19-29/h6,8-11,14-19,22-27,30,34,37H,7,12-13,20-21,28H2,1-5H3/t34-,37+/m1/s1. The molecule has 0 N–H and O–H groups in total. The van der Waals surface area contributed by atoms with E-state index in [9.17, 15) is 9.59 Å². The highest BCUT2D eigenvalue weighted by atomic mass is 28.4. The number of cyclic esters (lactones) is 1. The minimum atomic E-state index is -3.06. The molecule has 2 atom stereocenters. The van der Waals surface area contributed by atoms with Gasteiger partial charge in [-0.2, -0.15) is 0 Å². The van der Waals surface area contributed by atoms with Crippen LogP contribution in [-0.2, 0) is 9.53 Å². The number of imide groups is 1. The summed E-state index contributed by atoms with van der Waals surface area (Å²) in [5.74, 6) is 0.665. The molecule has 7 nitrogen and oxygen atoms in total. The van der Waals surface area contributed by atoms with Gasteiger partial charge >= 0.3 is 14.4 Å². The summed E-state index contributed by atoms with van der Waals surface area (Å²) in [5.41, 5.74) is 1.61. The first-order chi connectivity index (χ1) is 23.7. The smallest absolute Gasteiger partial charge is 0.417 e. The molecule has 0 unspecified atom stereocenters. The van der Waals surface area contributed by atoms with E-state index in [0.29, 0.717) is 17.2 Å². The minimum Gasteiger partial charge on any atom is -0.529 e. The highest BCUT2D eigenvalue weighted by Gasteiger charge is 2.53. The maximum Gasteiger partial charge on any atom is 0.417 e. The van der Waals surface area contributed by atoms with Gasteiger partial charge in [0, 0.05) is 0 Å². The first-order valence-corrected chi connectivity index (χ1v) is 19.2. The third-order valence-electron chi connectivity index (χ3n) is 10.2. The number of methoxy groups -OCH3 is 2. The summed E-state index contributed by atoms with van der Waals surface area (Å²) in [7, 11) is 0.188. The lowest BCUT2D eigenvalue weighted by atomic mass is 9.75. The highest BCUT2D eigenvalue weighted by Crippen LogP contribution is 2.48. The maximum absolute atomic E-state index is 14.8. The molecule has 1 heterocycles. The largest absolute Gasteiger partial charge is 0.529 e. The van der Waals surface area contributed by atoms with E-state index in [-0.39, 0.29) is 23.5 Å². The Morgan fingerprint density at radius 2 is 1.31 bits per heavy atom. The van der Waals surface area contributed by atoms with Crippen LogP contribution in [0.15, 0.2) is 103 Å². The third-order valence-corrected chi connectivity index (χ3v) is 15.1. The molecule has 8 heteroatoms.